The van der Waals surface area contributed by atoms with Crippen molar-refractivity contribution in [3.05, 3.63) is 252 Å². The average Bonchev–Trinajstić information content (AvgIpc) is 4.00. The van der Waals surface area contributed by atoms with Crippen molar-refractivity contribution >= 4 is 89.6 Å². The Balaban J connectivity index is 0.000000180. The Morgan fingerprint density at radius 1 is 0.494 bits per heavy atom. The fourth-order valence-electron chi connectivity index (χ4n) is 10.2. The minimum Gasteiger partial charge on any atom is -0.888 e. The van der Waals surface area contributed by atoms with Crippen LogP contribution in [0.3, 0.4) is 0 Å². The van der Waals surface area contributed by atoms with E-state index < -0.39 is 0 Å². The number of aromatic nitrogens is 4. The first-order valence-corrected chi connectivity index (χ1v) is 26.3. The van der Waals surface area contributed by atoms with Crippen molar-refractivity contribution in [2.24, 2.45) is 0 Å². The summed E-state index contributed by atoms with van der Waals surface area (Å²) in [6.45, 7) is 19.4. The van der Waals surface area contributed by atoms with Crippen LogP contribution in [0.15, 0.2) is 194 Å². The Hall–Kier alpha value is -9.88. The summed E-state index contributed by atoms with van der Waals surface area (Å²) in [7, 11) is 0. The largest absolute Gasteiger partial charge is 2.00 e. The number of benzene rings is 8. The van der Waals surface area contributed by atoms with Gasteiger partial charge in [0.15, 0.2) is 0 Å². The van der Waals surface area contributed by atoms with Crippen LogP contribution < -0.4 is 58.6 Å². The molecule has 0 bridgehead atoms. The summed E-state index contributed by atoms with van der Waals surface area (Å²) >= 11 is 0. The molecule has 4 aromatic heterocycles. The monoisotopic (exact) mass is 1110 g/mol. The van der Waals surface area contributed by atoms with Gasteiger partial charge in [-0.25, -0.2) is 11.8 Å². The van der Waals surface area contributed by atoms with E-state index in [0.717, 1.165) is 72.0 Å². The molecule has 0 aliphatic carbocycles. The Morgan fingerprint density at radius 3 is 1.22 bits per heavy atom. The van der Waals surface area contributed by atoms with Crippen LogP contribution in [-0.4, -0.2) is 6.61 Å². The first kappa shape index (κ1) is 54.5. The van der Waals surface area contributed by atoms with E-state index in [0.29, 0.717) is 45.7 Å². The molecule has 11 heteroatoms. The summed E-state index contributed by atoms with van der Waals surface area (Å²) in [5.41, 5.74) is 14.4. The molecule has 10 nitrogen and oxygen atoms in total. The molecule has 0 saturated heterocycles. The second-order valence-electron chi connectivity index (χ2n) is 19.8. The Morgan fingerprint density at radius 2 is 0.852 bits per heavy atom. The summed E-state index contributed by atoms with van der Waals surface area (Å²) in [6.07, 6.45) is 11.2. The van der Waals surface area contributed by atoms with Crippen LogP contribution in [0.25, 0.3) is 55.5 Å². The molecule has 0 aliphatic heterocycles. The molecule has 0 amide bonds. The van der Waals surface area contributed by atoms with Gasteiger partial charge in [0.25, 0.3) is 0 Å². The molecule has 0 spiro atoms. The number of ether oxygens (including phenoxy) is 2. The van der Waals surface area contributed by atoms with Crippen molar-refractivity contribution in [2.75, 3.05) is 16.4 Å². The number of hydrogen-bond acceptors (Lipinski definition) is 6. The first-order chi connectivity index (χ1) is 38.8. The topological polar surface area (TPSA) is 111 Å². The number of terminal acetylenes is 1. The van der Waals surface area contributed by atoms with Crippen molar-refractivity contribution in [1.82, 2.24) is 9.97 Å². The number of pyridine rings is 2. The third kappa shape index (κ3) is 11.0. The van der Waals surface area contributed by atoms with Crippen LogP contribution in [0.2, 0.25) is 0 Å². The number of fused-ring (bicyclic) bond motifs is 4. The first-order valence-electron chi connectivity index (χ1n) is 26.3. The van der Waals surface area contributed by atoms with E-state index in [-0.39, 0.29) is 31.2 Å². The Kier molecular flexibility index (Phi) is 15.6. The van der Waals surface area contributed by atoms with Crippen molar-refractivity contribution in [3.8, 4) is 35.8 Å². The van der Waals surface area contributed by atoms with Gasteiger partial charge in [-0.15, -0.1) is 11.4 Å². The molecule has 12 aromatic rings. The van der Waals surface area contributed by atoms with Crippen molar-refractivity contribution < 1.29 is 47.7 Å². The van der Waals surface area contributed by atoms with Gasteiger partial charge in [-0.2, -0.15) is 8.49 Å². The van der Waals surface area contributed by atoms with Crippen LogP contribution in [0.4, 0.5) is 34.1 Å². The molecule has 4 heterocycles. The van der Waals surface area contributed by atoms with Gasteiger partial charge in [0, 0.05) is 69.2 Å². The molecule has 0 fully saturated rings. The number of hydrogen-bond donors (Lipinski definition) is 0. The fourth-order valence-corrected chi connectivity index (χ4v) is 10.2. The molecule has 0 atom stereocenters. The van der Waals surface area contributed by atoms with Gasteiger partial charge in [0.1, 0.15) is 31.0 Å². The molecule has 0 N–H and O–H groups in total. The van der Waals surface area contributed by atoms with Gasteiger partial charge in [0.05, 0.1) is 6.61 Å². The second-order valence-corrected chi connectivity index (χ2v) is 19.8. The number of anilines is 6. The minimum atomic E-state index is -0.375. The molecule has 0 radical (unpaired) electrons. The molecule has 392 valence electrons. The van der Waals surface area contributed by atoms with E-state index in [1.807, 2.05) is 64.0 Å². The quantitative estimate of drug-likeness (QED) is 0.0715. The van der Waals surface area contributed by atoms with Crippen molar-refractivity contribution in [2.45, 2.75) is 34.6 Å². The average molecular weight is 1110 g/mol. The van der Waals surface area contributed by atoms with Gasteiger partial charge in [-0.1, -0.05) is 101 Å². The molecule has 0 saturated carbocycles. The van der Waals surface area contributed by atoms with Gasteiger partial charge in [0.2, 0.25) is 21.7 Å². The van der Waals surface area contributed by atoms with Crippen LogP contribution in [-0.2, 0) is 19.5 Å². The summed E-state index contributed by atoms with van der Waals surface area (Å²) in [4.78, 5) is 13.1. The maximum atomic E-state index is 12.7. The predicted octanol–water partition coefficient (Wildman–Crippen LogP) is 12.1. The normalized spacial score (nSPS) is 11.6. The van der Waals surface area contributed by atoms with Crippen LogP contribution in [0, 0.1) is 53.7 Å². The van der Waals surface area contributed by atoms with E-state index in [2.05, 4.69) is 213 Å². The van der Waals surface area contributed by atoms with E-state index in [1.54, 1.807) is 12.1 Å². The Labute approximate surface area is 483 Å². The molecule has 0 unspecified atom stereocenters. The number of rotatable bonds is 11. The van der Waals surface area contributed by atoms with Gasteiger partial charge in [-0.3, -0.25) is 0 Å². The van der Waals surface area contributed by atoms with Gasteiger partial charge < -0.3 is 39.5 Å². The van der Waals surface area contributed by atoms with E-state index in [9.17, 15) is 10.2 Å². The van der Waals surface area contributed by atoms with Crippen molar-refractivity contribution in [3.63, 3.8) is 0 Å². The zero-order chi connectivity index (χ0) is 55.6. The van der Waals surface area contributed by atoms with Gasteiger partial charge >= 0.3 is 19.5 Å². The van der Waals surface area contributed by atoms with E-state index in [4.69, 9.17) is 15.9 Å². The molecule has 0 aliphatic rings. The minimum absolute atomic E-state index is 0. The zero-order valence-corrected chi connectivity index (χ0v) is 48.8. The van der Waals surface area contributed by atoms with E-state index in [1.165, 1.54) is 22.3 Å². The molecular formula is C70H56N6O4Zn. The van der Waals surface area contributed by atoms with Crippen molar-refractivity contribution in [1.29, 1.82) is 0 Å². The smallest absolute Gasteiger partial charge is 0.888 e. The van der Waals surface area contributed by atoms with Crippen LogP contribution >= 0.6 is 0 Å². The molecule has 8 aromatic carbocycles. The summed E-state index contributed by atoms with van der Waals surface area (Å²) in [5.74, 6) is 0.244. The SMILES string of the molecule is C#COc1cccc2c(C=c3ccc4cc(N(c5ccc(C)cc5)c5ccc(C)cc5)ccc4[n+]3=C)[n-]c([O-])c12.C=[n+]1c(=Cc2[n-]c([O-])c3c(OCC)cccc23)ccc2cc(N(c3ccc(C)cc3)c3ccc(C)cc3)ccc21.[Zn+2]. The van der Waals surface area contributed by atoms with Crippen LogP contribution in [0.5, 0.6) is 23.3 Å². The maximum Gasteiger partial charge on any atom is 2.00 e. The van der Waals surface area contributed by atoms with Gasteiger partial charge in [-0.05, 0) is 165 Å². The second kappa shape index (κ2) is 23.2. The molecule has 81 heavy (non-hydrogen) atoms. The third-order valence-electron chi connectivity index (χ3n) is 14.3. The molecule has 12 rings (SSSR count). The van der Waals surface area contributed by atoms with Crippen LogP contribution in [0.1, 0.15) is 40.6 Å². The number of aryl methyl sites for hydroxylation is 4. The Bertz CT molecular complexity index is 4500. The fraction of sp³-hybridized carbons (Fsp3) is 0.0857. The molecular weight excluding hydrogens is 1050 g/mol. The predicted molar refractivity (Wildman–Crippen MR) is 319 cm³/mol. The maximum absolute atomic E-state index is 12.7. The van der Waals surface area contributed by atoms with E-state index >= 15 is 0 Å². The standard InChI is InChI=1S/C35H31N3O2.C35H27N3O2.Zn/c2*1-5-40-33-8-6-7-30-31(36-35(39)34(30)33)22-28-18-13-25-21-29(19-20-32(25)37(28)4)38(26-14-9-23(2)10-15-26)27-16-11-24(3)12-17-27;/h6-22,39H,4-5H2,1-3H3;1,6-22,39H,4H2,2-3H3;/q;;+2/p-2. The summed E-state index contributed by atoms with van der Waals surface area (Å²) < 4.78 is 14.6. The summed E-state index contributed by atoms with van der Waals surface area (Å²) in [6, 6.07) is 66.0. The zero-order valence-electron chi connectivity index (χ0n) is 45.9. The third-order valence-corrected chi connectivity index (χ3v) is 14.3. The number of nitrogens with zero attached hydrogens (tertiary/aromatic N) is 6. The summed E-state index contributed by atoms with van der Waals surface area (Å²) in [5, 5.41) is 31.4.